The Morgan fingerprint density at radius 1 is 0.486 bits per heavy atom. The van der Waals surface area contributed by atoms with Crippen molar-refractivity contribution in [3.63, 3.8) is 0 Å². The van der Waals surface area contributed by atoms with Crippen LogP contribution in [-0.2, 0) is 16.2 Å². The predicted molar refractivity (Wildman–Crippen MR) is 310 cm³/mol. The molecule has 5 heteroatoms. The maximum absolute atomic E-state index is 2.79. The van der Waals surface area contributed by atoms with E-state index in [1.54, 1.807) is 0 Å². The number of nitrogens with zero attached hydrogens (tertiary/aromatic N) is 3. The van der Waals surface area contributed by atoms with E-state index in [1.165, 1.54) is 115 Å². The summed E-state index contributed by atoms with van der Waals surface area (Å²) in [6, 6.07) is 73.7. The second-order valence-corrected chi connectivity index (χ2v) is 23.7. The first-order valence-electron chi connectivity index (χ1n) is 25.6. The van der Waals surface area contributed by atoms with Gasteiger partial charge in [0, 0.05) is 71.4 Å². The van der Waals surface area contributed by atoms with E-state index < -0.39 is 0 Å². The Morgan fingerprint density at radius 2 is 1.10 bits per heavy atom. The van der Waals surface area contributed by atoms with Gasteiger partial charge in [-0.25, -0.2) is 0 Å². The van der Waals surface area contributed by atoms with Gasteiger partial charge in [0.1, 0.15) is 0 Å². The number of hydrogen-bond donors (Lipinski definition) is 0. The monoisotopic (exact) mass is 945 g/mol. The quantitative estimate of drug-likeness (QED) is 0.159. The topological polar surface area (TPSA) is 11.4 Å². The molecule has 0 saturated carbocycles. The number of para-hydroxylation sites is 2. The third-order valence-electron chi connectivity index (χ3n) is 16.6. The minimum atomic E-state index is -0.241. The van der Waals surface area contributed by atoms with E-state index in [0.29, 0.717) is 0 Å². The van der Waals surface area contributed by atoms with Crippen LogP contribution in [0.1, 0.15) is 81.8 Å². The lowest BCUT2D eigenvalue weighted by Crippen LogP contribution is -2.57. The highest BCUT2D eigenvalue weighted by Crippen LogP contribution is 2.55. The highest BCUT2D eigenvalue weighted by Gasteiger charge is 2.48. The maximum Gasteiger partial charge on any atom is 0.333 e. The first kappa shape index (κ1) is 43.2. The number of benzene rings is 9. The second-order valence-electron chi connectivity index (χ2n) is 22.6. The van der Waals surface area contributed by atoms with E-state index >= 15 is 0 Å². The lowest BCUT2D eigenvalue weighted by molar-refractivity contribution is 0.521. The van der Waals surface area contributed by atoms with Gasteiger partial charge in [0.2, 0.25) is 0 Å². The predicted octanol–water partition coefficient (Wildman–Crippen LogP) is 17.1. The molecule has 3 nitrogen and oxygen atoms in total. The summed E-state index contributed by atoms with van der Waals surface area (Å²) in [4.78, 5) is 5.12. The number of aryl methyl sites for hydroxylation is 1. The Balaban J connectivity index is 1.15. The largest absolute Gasteiger partial charge is 0.374 e. The van der Waals surface area contributed by atoms with Crippen molar-refractivity contribution in [1.82, 2.24) is 4.48 Å². The number of hydrogen-bond acceptors (Lipinski definition) is 3. The van der Waals surface area contributed by atoms with Gasteiger partial charge in [0.25, 0.3) is 0 Å². The number of aromatic nitrogens is 1. The molecule has 0 atom stereocenters. The molecule has 0 saturated heterocycles. The third-order valence-corrected chi connectivity index (χ3v) is 17.7. The van der Waals surface area contributed by atoms with Crippen molar-refractivity contribution in [2.24, 2.45) is 0 Å². The van der Waals surface area contributed by atoms with Gasteiger partial charge >= 0.3 is 6.85 Å². The van der Waals surface area contributed by atoms with Crippen molar-refractivity contribution >= 4 is 94.4 Å². The SMILES string of the molecule is Cc1cc2c3c(c1)N(c1ccc(C(C)(C)C)cc1-c1ccccc1)c1cc4c(cc1B3n1c3c-2cc(N(c2ccccc2)c2ccccc2)cc3c2sc3ccccc3c21)C(C)(C)c1ccccc1C4(C)C. The molecule has 11 aromatic rings. The minimum absolute atomic E-state index is 0.0409. The number of rotatable bonds is 5. The van der Waals surface area contributed by atoms with Crippen molar-refractivity contribution in [3.05, 3.63) is 228 Å². The molecule has 72 heavy (non-hydrogen) atoms. The van der Waals surface area contributed by atoms with Crippen molar-refractivity contribution in [2.45, 2.75) is 71.6 Å². The van der Waals surface area contributed by atoms with Crippen LogP contribution in [-0.4, -0.2) is 11.3 Å². The fourth-order valence-electron chi connectivity index (χ4n) is 13.1. The van der Waals surface area contributed by atoms with Crippen LogP contribution in [0, 0.1) is 6.92 Å². The standard InChI is InChI=1S/C67H56BN3S/c1-41-34-49-50-37-46(69(44-24-14-10-15-25-44)45-26-16-11-17-27-45)38-51-62(50)71(63-47-28-18-21-31-60(47)72-64(51)63)68-56-39-54-55(67(7,8)53-30-20-19-29-52(53)66(54,5)6)40-58(56)70(59(35-41)61(49)68)57-33-32-43(65(2,3)4)36-48(57)42-22-12-9-13-23-42/h9-40H,1-8H3. The first-order valence-corrected chi connectivity index (χ1v) is 26.4. The molecule has 2 aliphatic heterocycles. The minimum Gasteiger partial charge on any atom is -0.374 e. The van der Waals surface area contributed by atoms with E-state index in [1.807, 2.05) is 11.3 Å². The number of thiophene rings is 1. The van der Waals surface area contributed by atoms with Crippen LogP contribution in [0.25, 0.3) is 53.5 Å². The lowest BCUT2D eigenvalue weighted by atomic mass is 9.44. The van der Waals surface area contributed by atoms with Gasteiger partial charge < -0.3 is 14.3 Å². The average Bonchev–Trinajstić information content (AvgIpc) is 3.94. The Labute approximate surface area is 427 Å². The molecule has 0 fully saturated rings. The Bertz CT molecular complexity index is 4000. The zero-order chi connectivity index (χ0) is 49.0. The molecular formula is C67H56BN3S. The molecule has 0 amide bonds. The Hall–Kier alpha value is -7.60. The third kappa shape index (κ3) is 6.04. The van der Waals surface area contributed by atoms with E-state index in [9.17, 15) is 0 Å². The summed E-state index contributed by atoms with van der Waals surface area (Å²) < 4.78 is 5.44. The van der Waals surface area contributed by atoms with Gasteiger partial charge in [0.05, 0.1) is 15.9 Å². The van der Waals surface area contributed by atoms with Gasteiger partial charge in [0.15, 0.2) is 0 Å². The van der Waals surface area contributed by atoms with Gasteiger partial charge in [-0.05, 0) is 135 Å². The average molecular weight is 946 g/mol. The molecule has 4 heterocycles. The summed E-state index contributed by atoms with van der Waals surface area (Å²) in [6.45, 7) is 19.0. The molecule has 14 rings (SSSR count). The molecular weight excluding hydrogens is 890 g/mol. The van der Waals surface area contributed by atoms with E-state index in [2.05, 4.69) is 264 Å². The smallest absolute Gasteiger partial charge is 0.333 e. The Morgan fingerprint density at radius 3 is 1.76 bits per heavy atom. The van der Waals surface area contributed by atoms with Gasteiger partial charge in [-0.2, -0.15) is 0 Å². The summed E-state index contributed by atoms with van der Waals surface area (Å²) in [6.07, 6.45) is 0. The maximum atomic E-state index is 2.79. The highest BCUT2D eigenvalue weighted by molar-refractivity contribution is 7.27. The van der Waals surface area contributed by atoms with Gasteiger partial charge in [-0.1, -0.05) is 176 Å². The van der Waals surface area contributed by atoms with E-state index in [0.717, 1.165) is 17.1 Å². The van der Waals surface area contributed by atoms with E-state index in [-0.39, 0.29) is 23.1 Å². The molecule has 0 spiro atoms. The van der Waals surface area contributed by atoms with Crippen molar-refractivity contribution < 1.29 is 0 Å². The van der Waals surface area contributed by atoms with Crippen LogP contribution in [0.2, 0.25) is 0 Å². The fraction of sp³-hybridized carbons (Fsp3) is 0.164. The van der Waals surface area contributed by atoms with Crippen LogP contribution in [0.5, 0.6) is 0 Å². The van der Waals surface area contributed by atoms with Crippen molar-refractivity contribution in [2.75, 3.05) is 9.80 Å². The van der Waals surface area contributed by atoms with Crippen LogP contribution in [0.4, 0.5) is 34.1 Å². The number of anilines is 6. The summed E-state index contributed by atoms with van der Waals surface area (Å²) in [7, 11) is 0. The van der Waals surface area contributed by atoms with Crippen LogP contribution in [0.15, 0.2) is 194 Å². The lowest BCUT2D eigenvalue weighted by Gasteiger charge is -2.47. The van der Waals surface area contributed by atoms with Crippen LogP contribution >= 0.6 is 11.3 Å². The number of fused-ring (bicyclic) bond motifs is 11. The second kappa shape index (κ2) is 15.2. The van der Waals surface area contributed by atoms with Crippen molar-refractivity contribution in [1.29, 1.82) is 0 Å². The first-order chi connectivity index (χ1) is 34.8. The zero-order valence-electron chi connectivity index (χ0n) is 42.3. The molecule has 0 unspecified atom stereocenters. The zero-order valence-corrected chi connectivity index (χ0v) is 43.1. The fourth-order valence-corrected chi connectivity index (χ4v) is 14.3. The summed E-state index contributed by atoms with van der Waals surface area (Å²) in [5, 5.41) is 2.61. The normalized spacial score (nSPS) is 14.8. The van der Waals surface area contributed by atoms with Crippen LogP contribution < -0.4 is 20.7 Å². The molecule has 348 valence electrons. The highest BCUT2D eigenvalue weighted by atomic mass is 32.1. The van der Waals surface area contributed by atoms with Gasteiger partial charge in [-0.3, -0.25) is 0 Å². The molecule has 0 bridgehead atoms. The Kier molecular flexibility index (Phi) is 9.13. The molecule has 0 radical (unpaired) electrons. The molecule has 2 aromatic heterocycles. The summed E-state index contributed by atoms with van der Waals surface area (Å²) >= 11 is 1.94. The van der Waals surface area contributed by atoms with Crippen LogP contribution in [0.3, 0.4) is 0 Å². The summed E-state index contributed by atoms with van der Waals surface area (Å²) in [5.74, 6) is 0. The molecule has 0 N–H and O–H groups in total. The van der Waals surface area contributed by atoms with Gasteiger partial charge in [-0.15, -0.1) is 11.3 Å². The summed E-state index contributed by atoms with van der Waals surface area (Å²) in [5.41, 5.74) is 25.1. The molecule has 3 aliphatic rings. The van der Waals surface area contributed by atoms with E-state index in [4.69, 9.17) is 0 Å². The molecule has 9 aromatic carbocycles. The van der Waals surface area contributed by atoms with Crippen molar-refractivity contribution in [3.8, 4) is 22.3 Å². The molecule has 1 aliphatic carbocycles.